The number of likely N-dealkylation sites (N-methyl/N-ethyl adjacent to an activating group) is 1. The van der Waals surface area contributed by atoms with Crippen LogP contribution in [0.4, 0.5) is 0 Å². The largest absolute Gasteiger partial charge is 0.351 e. The van der Waals surface area contributed by atoms with E-state index in [9.17, 15) is 0 Å². The number of nitrogens with zero attached hydrogens (tertiary/aromatic N) is 2. The number of nitrogens with one attached hydrogen (secondary N) is 2. The van der Waals surface area contributed by atoms with Crippen molar-refractivity contribution in [2.45, 2.75) is 40.2 Å². The number of aliphatic imine (C=N–C) groups is 1. The number of guanidine groups is 1. The van der Waals surface area contributed by atoms with Crippen LogP contribution in [0.3, 0.4) is 0 Å². The van der Waals surface area contributed by atoms with Crippen molar-refractivity contribution in [2.75, 3.05) is 27.2 Å². The molecule has 1 unspecified atom stereocenters. The van der Waals surface area contributed by atoms with Crippen LogP contribution in [-0.4, -0.2) is 44.1 Å². The summed E-state index contributed by atoms with van der Waals surface area (Å²) in [5.74, 6) is 7.38. The van der Waals surface area contributed by atoms with Crippen molar-refractivity contribution in [1.29, 1.82) is 0 Å². The smallest absolute Gasteiger partial charge is 0.205 e. The molecule has 108 valence electrons. The molecule has 5 heteroatoms. The molecule has 0 fully saturated rings. The second kappa shape index (κ2) is 9.16. The molecule has 1 atom stereocenters. The van der Waals surface area contributed by atoms with Crippen LogP contribution in [0.1, 0.15) is 34.1 Å². The summed E-state index contributed by atoms with van der Waals surface area (Å²) in [5.41, 5.74) is 2.65. The molecule has 0 aliphatic rings. The van der Waals surface area contributed by atoms with Gasteiger partial charge in [-0.05, 0) is 32.4 Å². The summed E-state index contributed by atoms with van der Waals surface area (Å²) in [6.45, 7) is 10.5. The highest BCUT2D eigenvalue weighted by Crippen LogP contribution is 2.05. The van der Waals surface area contributed by atoms with Crippen molar-refractivity contribution < 1.29 is 0 Å². The van der Waals surface area contributed by atoms with Gasteiger partial charge in [-0.25, -0.2) is 5.84 Å². The average molecular weight is 257 g/mol. The molecule has 0 aromatic heterocycles. The Morgan fingerprint density at radius 1 is 1.17 bits per heavy atom. The number of rotatable bonds is 7. The van der Waals surface area contributed by atoms with Crippen LogP contribution in [0.5, 0.6) is 0 Å². The van der Waals surface area contributed by atoms with Gasteiger partial charge in [0.2, 0.25) is 5.96 Å². The van der Waals surface area contributed by atoms with Crippen LogP contribution in [0.25, 0.3) is 0 Å². The molecule has 0 saturated heterocycles. The molecular formula is C13H31N5. The van der Waals surface area contributed by atoms with Crippen LogP contribution in [-0.2, 0) is 0 Å². The summed E-state index contributed by atoms with van der Waals surface area (Å²) in [6.07, 6.45) is 1.10. The van der Waals surface area contributed by atoms with E-state index in [1.165, 1.54) is 0 Å². The highest BCUT2D eigenvalue weighted by molar-refractivity contribution is 5.79. The van der Waals surface area contributed by atoms with Crippen LogP contribution >= 0.6 is 0 Å². The fourth-order valence-electron chi connectivity index (χ4n) is 1.79. The van der Waals surface area contributed by atoms with Crippen molar-refractivity contribution in [3.63, 3.8) is 0 Å². The first-order chi connectivity index (χ1) is 8.35. The summed E-state index contributed by atoms with van der Waals surface area (Å²) >= 11 is 0. The molecule has 0 bridgehead atoms. The number of nitrogens with two attached hydrogens (primary N) is 1. The van der Waals surface area contributed by atoms with Gasteiger partial charge in [-0.1, -0.05) is 27.7 Å². The Morgan fingerprint density at radius 2 is 1.78 bits per heavy atom. The van der Waals surface area contributed by atoms with E-state index >= 15 is 0 Å². The van der Waals surface area contributed by atoms with Crippen molar-refractivity contribution in [1.82, 2.24) is 15.6 Å². The molecule has 0 aliphatic carbocycles. The van der Waals surface area contributed by atoms with E-state index in [0.717, 1.165) is 19.5 Å². The van der Waals surface area contributed by atoms with Gasteiger partial charge >= 0.3 is 0 Å². The maximum absolute atomic E-state index is 5.51. The van der Waals surface area contributed by atoms with Crippen LogP contribution in [0.15, 0.2) is 4.99 Å². The molecule has 18 heavy (non-hydrogen) atoms. The highest BCUT2D eigenvalue weighted by Gasteiger charge is 2.13. The second-order valence-electron chi connectivity index (χ2n) is 5.96. The van der Waals surface area contributed by atoms with E-state index in [-0.39, 0.29) is 0 Å². The molecular weight excluding hydrogens is 226 g/mol. The van der Waals surface area contributed by atoms with E-state index in [1.807, 2.05) is 0 Å². The van der Waals surface area contributed by atoms with E-state index in [4.69, 9.17) is 5.84 Å². The van der Waals surface area contributed by atoms with E-state index < -0.39 is 0 Å². The lowest BCUT2D eigenvalue weighted by Gasteiger charge is -2.25. The molecule has 0 heterocycles. The monoisotopic (exact) mass is 257 g/mol. The van der Waals surface area contributed by atoms with Crippen LogP contribution in [0, 0.1) is 11.8 Å². The summed E-state index contributed by atoms with van der Waals surface area (Å²) in [4.78, 5) is 6.62. The van der Waals surface area contributed by atoms with Gasteiger partial charge in [0.05, 0.1) is 0 Å². The minimum atomic E-state index is 0.363. The van der Waals surface area contributed by atoms with E-state index in [0.29, 0.717) is 23.8 Å². The maximum atomic E-state index is 5.51. The lowest BCUT2D eigenvalue weighted by molar-refractivity contribution is 0.326. The fourth-order valence-corrected chi connectivity index (χ4v) is 1.79. The lowest BCUT2D eigenvalue weighted by Crippen LogP contribution is -2.50. The Bertz CT molecular complexity index is 226. The molecule has 0 aromatic rings. The normalized spacial score (nSPS) is 14.4. The van der Waals surface area contributed by atoms with Crippen molar-refractivity contribution in [3.8, 4) is 0 Å². The van der Waals surface area contributed by atoms with Crippen molar-refractivity contribution in [3.05, 3.63) is 0 Å². The van der Waals surface area contributed by atoms with Gasteiger partial charge in [-0.15, -0.1) is 0 Å². The molecule has 0 spiro atoms. The van der Waals surface area contributed by atoms with Crippen molar-refractivity contribution >= 4 is 5.96 Å². The first kappa shape index (κ1) is 17.2. The predicted molar refractivity (Wildman–Crippen MR) is 79.4 cm³/mol. The van der Waals surface area contributed by atoms with Gasteiger partial charge < -0.3 is 10.2 Å². The molecule has 0 amide bonds. The van der Waals surface area contributed by atoms with Gasteiger partial charge in [0.25, 0.3) is 0 Å². The first-order valence-corrected chi connectivity index (χ1v) is 6.77. The summed E-state index contributed by atoms with van der Waals surface area (Å²) in [7, 11) is 4.16. The maximum Gasteiger partial charge on any atom is 0.205 e. The Labute approximate surface area is 112 Å². The fraction of sp³-hybridized carbons (Fsp3) is 0.923. The van der Waals surface area contributed by atoms with E-state index in [2.05, 4.69) is 62.4 Å². The zero-order valence-corrected chi connectivity index (χ0v) is 12.8. The summed E-state index contributed by atoms with van der Waals surface area (Å²) in [6, 6.07) is 0.363. The Morgan fingerprint density at radius 3 is 2.17 bits per heavy atom. The molecule has 5 nitrogen and oxygen atoms in total. The predicted octanol–water partition coefficient (Wildman–Crippen LogP) is 1.03. The zero-order valence-electron chi connectivity index (χ0n) is 12.8. The molecule has 0 rings (SSSR count). The molecule has 0 saturated carbocycles. The average Bonchev–Trinajstić information content (AvgIpc) is 2.21. The Hall–Kier alpha value is -0.810. The third-order valence-corrected chi connectivity index (χ3v) is 2.43. The van der Waals surface area contributed by atoms with Gasteiger partial charge in [0.1, 0.15) is 0 Å². The van der Waals surface area contributed by atoms with Crippen LogP contribution < -0.4 is 16.6 Å². The zero-order chi connectivity index (χ0) is 14.1. The Balaban J connectivity index is 4.45. The highest BCUT2D eigenvalue weighted by atomic mass is 15.3. The quantitative estimate of drug-likeness (QED) is 0.276. The number of hydrogen-bond acceptors (Lipinski definition) is 3. The number of hydrogen-bond donors (Lipinski definition) is 3. The summed E-state index contributed by atoms with van der Waals surface area (Å²) < 4.78 is 0. The summed E-state index contributed by atoms with van der Waals surface area (Å²) in [5, 5.41) is 3.39. The van der Waals surface area contributed by atoms with Gasteiger partial charge in [0.15, 0.2) is 0 Å². The minimum Gasteiger partial charge on any atom is -0.351 e. The molecule has 0 aliphatic heterocycles. The molecule has 4 N–H and O–H groups in total. The van der Waals surface area contributed by atoms with Crippen LogP contribution in [0.2, 0.25) is 0 Å². The first-order valence-electron chi connectivity index (χ1n) is 6.77. The van der Waals surface area contributed by atoms with Gasteiger partial charge in [-0.3, -0.25) is 10.4 Å². The van der Waals surface area contributed by atoms with Crippen molar-refractivity contribution in [2.24, 2.45) is 22.7 Å². The topological polar surface area (TPSA) is 65.7 Å². The number of hydrazine groups is 1. The molecule has 0 aromatic carbocycles. The van der Waals surface area contributed by atoms with Gasteiger partial charge in [0, 0.05) is 19.1 Å². The minimum absolute atomic E-state index is 0.363. The third kappa shape index (κ3) is 9.24. The van der Waals surface area contributed by atoms with E-state index in [1.54, 1.807) is 0 Å². The van der Waals surface area contributed by atoms with Gasteiger partial charge in [-0.2, -0.15) is 0 Å². The third-order valence-electron chi connectivity index (χ3n) is 2.43. The SMILES string of the molecule is CC(C)CN=C(NN)NC(CC(C)C)CN(C)C. The standard InChI is InChI=1S/C13H31N5/c1-10(2)7-12(9-18(5)6)16-13(17-14)15-8-11(3)4/h10-12H,7-9,14H2,1-6H3,(H2,15,16,17). The second-order valence-corrected chi connectivity index (χ2v) is 5.96. The molecule has 0 radical (unpaired) electrons. The lowest BCUT2D eigenvalue weighted by atomic mass is 10.0. The Kier molecular flexibility index (Phi) is 8.75.